The summed E-state index contributed by atoms with van der Waals surface area (Å²) in [6, 6.07) is 0. The van der Waals surface area contributed by atoms with Crippen molar-refractivity contribution in [3.8, 4) is 0 Å². The van der Waals surface area contributed by atoms with Crippen LogP contribution in [0.25, 0.3) is 0 Å². The minimum Gasteiger partial charge on any atom is -0.256 e. The Bertz CT molecular complexity index is 185. The van der Waals surface area contributed by atoms with Gasteiger partial charge in [0.05, 0.1) is 11.7 Å². The third kappa shape index (κ3) is 0.632. The molecule has 0 saturated carbocycles. The van der Waals surface area contributed by atoms with E-state index in [-0.39, 0.29) is 0 Å². The molecule has 46 valence electrons. The highest BCUT2D eigenvalue weighted by atomic mass is 32.3. The van der Waals surface area contributed by atoms with E-state index in [0.29, 0.717) is 0 Å². The van der Waals surface area contributed by atoms with Gasteiger partial charge in [0.1, 0.15) is 0 Å². The fourth-order valence-corrected chi connectivity index (χ4v) is 2.07. The molecule has 2 aliphatic heterocycles. The molecule has 0 aromatic rings. The molecule has 2 heterocycles. The maximum Gasteiger partial charge on any atom is 0.0703 e. The average Bonchev–Trinajstić information content (AvgIpc) is 2.45. The van der Waals surface area contributed by atoms with Gasteiger partial charge in [-0.2, -0.15) is 5.11 Å². The lowest BCUT2D eigenvalue weighted by Gasteiger charge is -2.11. The van der Waals surface area contributed by atoms with Crippen molar-refractivity contribution in [2.45, 2.75) is 0 Å². The molecular formula is C5H5N3S. The Labute approximate surface area is 54.3 Å². The summed E-state index contributed by atoms with van der Waals surface area (Å²) in [5, 5.41) is 7.73. The average molecular weight is 139 g/mol. The first-order chi connectivity index (χ1) is 4.41. The van der Waals surface area contributed by atoms with E-state index in [1.54, 1.807) is 12.4 Å². The Morgan fingerprint density at radius 1 is 1.11 bits per heavy atom. The third-order valence-electron chi connectivity index (χ3n) is 1.13. The third-order valence-corrected chi connectivity index (χ3v) is 3.08. The second-order valence-electron chi connectivity index (χ2n) is 1.75. The number of rotatable bonds is 0. The van der Waals surface area contributed by atoms with Gasteiger partial charge < -0.3 is 0 Å². The lowest BCUT2D eigenvalue weighted by atomic mass is 11.1. The van der Waals surface area contributed by atoms with Gasteiger partial charge >= 0.3 is 0 Å². The quantitative estimate of drug-likeness (QED) is 0.493. The molecule has 2 aliphatic rings. The van der Waals surface area contributed by atoms with Gasteiger partial charge in [0.15, 0.2) is 0 Å². The predicted octanol–water partition coefficient (Wildman–Crippen LogP) is 2.16. The zero-order chi connectivity index (χ0) is 6.16. The molecule has 1 atom stereocenters. The van der Waals surface area contributed by atoms with Crippen molar-refractivity contribution >= 4 is 15.8 Å². The molecule has 0 radical (unpaired) electrons. The monoisotopic (exact) mass is 139 g/mol. The Hall–Kier alpha value is -0.900. The zero-order valence-corrected chi connectivity index (χ0v) is 5.45. The standard InChI is InChI=1S/C5H5N3S/c1-3-9(5-6-1)4-2-7-8-9/h1-5H. The molecule has 2 rings (SSSR count). The maximum absolute atomic E-state index is 4.03. The SMILES string of the molecule is C1=CS2(C=CN=N2)C=N1. The van der Waals surface area contributed by atoms with Crippen LogP contribution in [0.5, 0.6) is 0 Å². The molecular weight excluding hydrogens is 134 g/mol. The van der Waals surface area contributed by atoms with Gasteiger partial charge in [0.2, 0.25) is 0 Å². The normalized spacial score (nSPS) is 42.7. The van der Waals surface area contributed by atoms with E-state index in [1.807, 2.05) is 16.4 Å². The molecule has 0 aromatic carbocycles. The largest absolute Gasteiger partial charge is 0.256 e. The molecule has 0 amide bonds. The van der Waals surface area contributed by atoms with Crippen molar-refractivity contribution in [2.24, 2.45) is 14.6 Å². The van der Waals surface area contributed by atoms with Crippen LogP contribution in [0.15, 0.2) is 37.8 Å². The van der Waals surface area contributed by atoms with E-state index in [2.05, 4.69) is 14.6 Å². The van der Waals surface area contributed by atoms with Crippen molar-refractivity contribution in [1.82, 2.24) is 0 Å². The van der Waals surface area contributed by atoms with Gasteiger partial charge in [-0.25, -0.2) is 0 Å². The first kappa shape index (κ1) is 4.93. The highest BCUT2D eigenvalue weighted by molar-refractivity contribution is 8.47. The summed E-state index contributed by atoms with van der Waals surface area (Å²) in [6.07, 6.45) is 3.49. The highest BCUT2D eigenvalue weighted by Gasteiger charge is 2.19. The van der Waals surface area contributed by atoms with Crippen LogP contribution in [-0.4, -0.2) is 5.55 Å². The van der Waals surface area contributed by atoms with Crippen molar-refractivity contribution in [1.29, 1.82) is 0 Å². The summed E-state index contributed by atoms with van der Waals surface area (Å²) in [4.78, 5) is 3.95. The summed E-state index contributed by atoms with van der Waals surface area (Å²) in [7, 11) is -1.12. The van der Waals surface area contributed by atoms with Crippen molar-refractivity contribution < 1.29 is 0 Å². The molecule has 3 nitrogen and oxygen atoms in total. The van der Waals surface area contributed by atoms with Crippen LogP contribution in [0.4, 0.5) is 0 Å². The van der Waals surface area contributed by atoms with Gasteiger partial charge in [0, 0.05) is 17.0 Å². The van der Waals surface area contributed by atoms with Crippen molar-refractivity contribution in [3.63, 3.8) is 0 Å². The Balaban J connectivity index is 2.46. The summed E-state index contributed by atoms with van der Waals surface area (Å²) < 4.78 is 4.03. The fraction of sp³-hybridized carbons (Fsp3) is 0. The predicted molar refractivity (Wildman–Crippen MR) is 39.2 cm³/mol. The van der Waals surface area contributed by atoms with Crippen LogP contribution in [0.1, 0.15) is 0 Å². The first-order valence-corrected chi connectivity index (χ1v) is 4.31. The molecule has 0 bridgehead atoms. The Morgan fingerprint density at radius 2 is 2.00 bits per heavy atom. The minimum absolute atomic E-state index is 1.12. The van der Waals surface area contributed by atoms with Crippen LogP contribution < -0.4 is 0 Å². The molecule has 9 heavy (non-hydrogen) atoms. The maximum atomic E-state index is 4.03. The van der Waals surface area contributed by atoms with Crippen molar-refractivity contribution in [2.75, 3.05) is 0 Å². The Morgan fingerprint density at radius 3 is 2.56 bits per heavy atom. The second kappa shape index (κ2) is 1.54. The topological polar surface area (TPSA) is 37.1 Å². The number of hydrogen-bond acceptors (Lipinski definition) is 3. The second-order valence-corrected chi connectivity index (χ2v) is 4.11. The van der Waals surface area contributed by atoms with Crippen LogP contribution in [0.3, 0.4) is 0 Å². The van der Waals surface area contributed by atoms with Crippen LogP contribution in [0.2, 0.25) is 0 Å². The van der Waals surface area contributed by atoms with Gasteiger partial charge in [0.25, 0.3) is 0 Å². The molecule has 4 heteroatoms. The number of hydrogen-bond donors (Lipinski definition) is 0. The smallest absolute Gasteiger partial charge is 0.0703 e. The van der Waals surface area contributed by atoms with Crippen LogP contribution in [-0.2, 0) is 0 Å². The van der Waals surface area contributed by atoms with E-state index in [0.717, 1.165) is 0 Å². The summed E-state index contributed by atoms with van der Waals surface area (Å²) in [6.45, 7) is 0. The van der Waals surface area contributed by atoms with Crippen molar-refractivity contribution in [3.05, 3.63) is 23.2 Å². The van der Waals surface area contributed by atoms with Gasteiger partial charge in [-0.3, -0.25) is 4.99 Å². The van der Waals surface area contributed by atoms with E-state index in [1.165, 1.54) is 0 Å². The Kier molecular flexibility index (Phi) is 0.843. The number of nitrogens with zero attached hydrogens (tertiary/aromatic N) is 3. The lowest BCUT2D eigenvalue weighted by Crippen LogP contribution is -1.79. The van der Waals surface area contributed by atoms with E-state index in [9.17, 15) is 0 Å². The molecule has 1 unspecified atom stereocenters. The molecule has 0 saturated heterocycles. The molecule has 0 aromatic heterocycles. The number of aliphatic imine (C=N–C) groups is 1. The highest BCUT2D eigenvalue weighted by Crippen LogP contribution is 2.55. The van der Waals surface area contributed by atoms with Crippen LogP contribution >= 0.6 is 10.2 Å². The van der Waals surface area contributed by atoms with Gasteiger partial charge in [-0.1, -0.05) is 0 Å². The molecule has 0 N–H and O–H groups in total. The van der Waals surface area contributed by atoms with Gasteiger partial charge in [-0.05, 0) is 10.2 Å². The minimum atomic E-state index is -1.12. The van der Waals surface area contributed by atoms with E-state index < -0.39 is 10.2 Å². The van der Waals surface area contributed by atoms with E-state index >= 15 is 0 Å². The lowest BCUT2D eigenvalue weighted by molar-refractivity contribution is 1.37. The van der Waals surface area contributed by atoms with Crippen LogP contribution in [0, 0.1) is 0 Å². The summed E-state index contributed by atoms with van der Waals surface area (Å²) in [5.74, 6) is 0. The molecule has 1 spiro atoms. The fourth-order valence-electron chi connectivity index (χ4n) is 0.690. The first-order valence-electron chi connectivity index (χ1n) is 2.53. The molecule has 0 fully saturated rings. The van der Waals surface area contributed by atoms with Gasteiger partial charge in [-0.15, -0.1) is 4.52 Å². The zero-order valence-electron chi connectivity index (χ0n) is 4.64. The molecule has 0 aliphatic carbocycles. The summed E-state index contributed by atoms with van der Waals surface area (Å²) in [5.41, 5.74) is 1.85. The van der Waals surface area contributed by atoms with E-state index in [4.69, 9.17) is 0 Å². The summed E-state index contributed by atoms with van der Waals surface area (Å²) >= 11 is 0.